The number of aryl methyl sites for hydroxylation is 2. The van der Waals surface area contributed by atoms with E-state index in [1.165, 1.54) is 36.4 Å². The van der Waals surface area contributed by atoms with Crippen LogP contribution in [0.4, 0.5) is 28.0 Å². The van der Waals surface area contributed by atoms with Crippen LogP contribution >= 0.6 is 12.2 Å². The second-order valence-electron chi connectivity index (χ2n) is 8.14. The highest BCUT2D eigenvalue weighted by molar-refractivity contribution is 7.80. The second-order valence-corrected chi connectivity index (χ2v) is 8.55. The van der Waals surface area contributed by atoms with Crippen LogP contribution in [0.15, 0.2) is 65.1 Å². The van der Waals surface area contributed by atoms with Gasteiger partial charge in [-0.15, -0.1) is 0 Å². The average molecular weight is 546 g/mol. The fourth-order valence-corrected chi connectivity index (χ4v) is 4.32. The van der Waals surface area contributed by atoms with E-state index in [4.69, 9.17) is 22.4 Å². The van der Waals surface area contributed by atoms with Gasteiger partial charge >= 0.3 is 12.2 Å². The van der Waals surface area contributed by atoms with Gasteiger partial charge in [0.1, 0.15) is 22.1 Å². The molecule has 3 aromatic carbocycles. The van der Waals surface area contributed by atoms with Crippen molar-refractivity contribution in [1.82, 2.24) is 5.32 Å². The number of carbonyl (C=O) groups is 2. The van der Waals surface area contributed by atoms with Crippen molar-refractivity contribution in [2.45, 2.75) is 19.0 Å². The Morgan fingerprint density at radius 2 is 1.66 bits per heavy atom. The number of furan rings is 1. The summed E-state index contributed by atoms with van der Waals surface area (Å²) in [4.78, 5) is 23.6. The van der Waals surface area contributed by atoms with Crippen molar-refractivity contribution in [1.29, 1.82) is 0 Å². The molecule has 3 amide bonds. The summed E-state index contributed by atoms with van der Waals surface area (Å²) in [5.41, 5.74) is 3.32. The number of carbonyl (C=O) groups excluding carboxylic acids is 2. The zero-order valence-corrected chi connectivity index (χ0v) is 20.2. The number of amides is 3. The van der Waals surface area contributed by atoms with Gasteiger partial charge in [0.15, 0.2) is 5.75 Å². The van der Waals surface area contributed by atoms with Crippen LogP contribution in [0.2, 0.25) is 0 Å². The Bertz CT molecular complexity index is 1570. The molecule has 5 N–H and O–H groups in total. The van der Waals surface area contributed by atoms with Crippen LogP contribution in [0.3, 0.4) is 0 Å². The van der Waals surface area contributed by atoms with Crippen molar-refractivity contribution >= 4 is 45.8 Å². The Balaban J connectivity index is 1.65. The molecule has 0 aliphatic carbocycles. The number of hydrogen-bond acceptors (Lipinski definition) is 5. The molecule has 4 rings (SSSR count). The average Bonchev–Trinajstić information content (AvgIpc) is 3.17. The molecule has 4 aromatic rings. The third-order valence-electron chi connectivity index (χ3n) is 5.66. The summed E-state index contributed by atoms with van der Waals surface area (Å²) >= 11 is 5.14. The van der Waals surface area contributed by atoms with E-state index in [1.54, 1.807) is 6.07 Å². The van der Waals surface area contributed by atoms with Crippen LogP contribution in [-0.2, 0) is 19.0 Å². The predicted octanol–water partition coefficient (Wildman–Crippen LogP) is 5.68. The molecule has 0 atom stereocenters. The van der Waals surface area contributed by atoms with Gasteiger partial charge in [0.25, 0.3) is 5.91 Å². The van der Waals surface area contributed by atoms with Gasteiger partial charge in [-0.25, -0.2) is 9.18 Å². The van der Waals surface area contributed by atoms with Crippen LogP contribution in [0, 0.1) is 5.82 Å². The number of nitrogens with one attached hydrogen (secondary N) is 2. The zero-order valence-electron chi connectivity index (χ0n) is 19.4. The van der Waals surface area contributed by atoms with Gasteiger partial charge in [-0.3, -0.25) is 10.1 Å². The van der Waals surface area contributed by atoms with Gasteiger partial charge in [0.2, 0.25) is 0 Å². The van der Waals surface area contributed by atoms with E-state index in [9.17, 15) is 32.3 Å². The maximum Gasteiger partial charge on any atom is 0.418 e. The summed E-state index contributed by atoms with van der Waals surface area (Å²) in [7, 11) is 0. The number of halogens is 4. The van der Waals surface area contributed by atoms with E-state index in [0.717, 1.165) is 18.2 Å². The van der Waals surface area contributed by atoms with Crippen LogP contribution < -0.4 is 16.4 Å². The standard InChI is InChI=1S/C26H19F4N3O4S/c27-16-8-2-1-6-14(16)23(35)32-17-9-3-5-13(21(17)26(28,29)30)11-12-19-22(34)20-15(24(38)33-25(31)36)7-4-10-18(20)37-19/h1-10,34H,11-12H2,(H,32,35)(H3,31,33,36,38). The minimum Gasteiger partial charge on any atom is -0.504 e. The normalized spacial score (nSPS) is 11.4. The molecule has 12 heteroatoms. The number of alkyl halides is 3. The molecule has 0 bridgehead atoms. The van der Waals surface area contributed by atoms with Crippen molar-refractivity contribution in [3.63, 3.8) is 0 Å². The molecule has 0 spiro atoms. The van der Waals surface area contributed by atoms with Gasteiger partial charge < -0.3 is 20.6 Å². The summed E-state index contributed by atoms with van der Waals surface area (Å²) in [5, 5.41) is 15.3. The quantitative estimate of drug-likeness (QED) is 0.184. The molecule has 38 heavy (non-hydrogen) atoms. The Hall–Kier alpha value is -4.45. The Morgan fingerprint density at radius 1 is 0.974 bits per heavy atom. The predicted molar refractivity (Wildman–Crippen MR) is 136 cm³/mol. The lowest BCUT2D eigenvalue weighted by molar-refractivity contribution is -0.137. The van der Waals surface area contributed by atoms with Crippen LogP contribution in [-0.4, -0.2) is 22.0 Å². The topological polar surface area (TPSA) is 118 Å². The molecular weight excluding hydrogens is 526 g/mol. The van der Waals surface area contributed by atoms with Crippen LogP contribution in [0.1, 0.15) is 32.8 Å². The number of hydrogen-bond donors (Lipinski definition) is 4. The smallest absolute Gasteiger partial charge is 0.418 e. The van der Waals surface area contributed by atoms with Crippen LogP contribution in [0.5, 0.6) is 5.75 Å². The lowest BCUT2D eigenvalue weighted by Crippen LogP contribution is -2.34. The van der Waals surface area contributed by atoms with E-state index < -0.39 is 40.7 Å². The molecule has 0 saturated carbocycles. The van der Waals surface area contributed by atoms with E-state index >= 15 is 0 Å². The fraction of sp³-hybridized carbons (Fsp3) is 0.115. The van der Waals surface area contributed by atoms with Gasteiger partial charge in [0, 0.05) is 12.0 Å². The zero-order chi connectivity index (χ0) is 27.6. The summed E-state index contributed by atoms with van der Waals surface area (Å²) in [6.07, 6.45) is -5.24. The third-order valence-corrected chi connectivity index (χ3v) is 5.99. The summed E-state index contributed by atoms with van der Waals surface area (Å²) in [6, 6.07) is 12.3. The van der Waals surface area contributed by atoms with E-state index in [0.29, 0.717) is 0 Å². The van der Waals surface area contributed by atoms with Crippen molar-refractivity contribution in [3.8, 4) is 5.75 Å². The number of thiocarbonyl (C=S) groups is 1. The number of urea groups is 1. The number of primary amides is 1. The molecule has 0 radical (unpaired) electrons. The molecule has 0 fully saturated rings. The Labute approximate surface area is 218 Å². The monoisotopic (exact) mass is 545 g/mol. The fourth-order valence-electron chi connectivity index (χ4n) is 4.05. The molecule has 196 valence electrons. The highest BCUT2D eigenvalue weighted by Crippen LogP contribution is 2.40. The summed E-state index contributed by atoms with van der Waals surface area (Å²) < 4.78 is 61.9. The van der Waals surface area contributed by atoms with E-state index in [-0.39, 0.29) is 51.4 Å². The number of benzene rings is 3. The molecule has 0 unspecified atom stereocenters. The lowest BCUT2D eigenvalue weighted by atomic mass is 9.99. The Morgan fingerprint density at radius 3 is 2.34 bits per heavy atom. The first kappa shape index (κ1) is 26.6. The minimum absolute atomic E-state index is 0.0109. The highest BCUT2D eigenvalue weighted by Gasteiger charge is 2.37. The Kier molecular flexibility index (Phi) is 7.35. The first-order valence-corrected chi connectivity index (χ1v) is 11.5. The van der Waals surface area contributed by atoms with Crippen molar-refractivity contribution < 1.29 is 36.7 Å². The van der Waals surface area contributed by atoms with Crippen molar-refractivity contribution in [2.24, 2.45) is 5.73 Å². The molecule has 1 aromatic heterocycles. The second kappa shape index (κ2) is 10.5. The maximum absolute atomic E-state index is 14.1. The van der Waals surface area contributed by atoms with E-state index in [1.807, 2.05) is 0 Å². The molecule has 7 nitrogen and oxygen atoms in total. The van der Waals surface area contributed by atoms with Gasteiger partial charge in [0.05, 0.1) is 22.2 Å². The van der Waals surface area contributed by atoms with Gasteiger partial charge in [-0.05, 0) is 36.2 Å². The minimum atomic E-state index is -4.86. The number of nitrogens with two attached hydrogens (primary N) is 1. The third kappa shape index (κ3) is 5.44. The van der Waals surface area contributed by atoms with Crippen molar-refractivity contribution in [2.75, 3.05) is 5.32 Å². The van der Waals surface area contributed by atoms with Gasteiger partial charge in [-0.1, -0.05) is 48.6 Å². The first-order valence-electron chi connectivity index (χ1n) is 11.1. The molecule has 1 heterocycles. The molecule has 0 aliphatic rings. The molecule has 0 saturated heterocycles. The van der Waals surface area contributed by atoms with E-state index in [2.05, 4.69) is 10.6 Å². The van der Waals surface area contributed by atoms with Crippen LogP contribution in [0.25, 0.3) is 11.0 Å². The number of aromatic hydroxyl groups is 1. The number of fused-ring (bicyclic) bond motifs is 1. The maximum atomic E-state index is 14.1. The van der Waals surface area contributed by atoms with Crippen molar-refractivity contribution in [3.05, 3.63) is 94.5 Å². The summed E-state index contributed by atoms with van der Waals surface area (Å²) in [5.74, 6) is -2.27. The first-order chi connectivity index (χ1) is 18.0. The molecule has 0 aliphatic heterocycles. The largest absolute Gasteiger partial charge is 0.504 e. The number of rotatable bonds is 6. The van der Waals surface area contributed by atoms with Gasteiger partial charge in [-0.2, -0.15) is 13.2 Å². The summed E-state index contributed by atoms with van der Waals surface area (Å²) in [6.45, 7) is 0. The lowest BCUT2D eigenvalue weighted by Gasteiger charge is -2.18. The highest BCUT2D eigenvalue weighted by atomic mass is 32.1. The SMILES string of the molecule is NC(=O)NC(=S)c1cccc2oc(CCc3cccc(NC(=O)c4ccccc4F)c3C(F)(F)F)c(O)c12. The number of anilines is 1. The molecular formula is C26H19F4N3O4S.